The summed E-state index contributed by atoms with van der Waals surface area (Å²) in [5.74, 6) is 1.51. The standard InChI is InChI=1S/C17H18ClNO4/c1-21-14-7-5-13(18)8-12(14)10-19-17(20)11-4-6-15(22-2)16(9-11)23-3/h4-9H,10H2,1-3H3,(H,19,20). The van der Waals surface area contributed by atoms with Crippen molar-refractivity contribution in [1.29, 1.82) is 0 Å². The van der Waals surface area contributed by atoms with Crippen molar-refractivity contribution in [3.63, 3.8) is 0 Å². The number of carbonyl (C=O) groups is 1. The number of nitrogens with one attached hydrogen (secondary N) is 1. The Kier molecular flexibility index (Phi) is 5.71. The van der Waals surface area contributed by atoms with Gasteiger partial charge in [-0.2, -0.15) is 0 Å². The summed E-state index contributed by atoms with van der Waals surface area (Å²) in [5.41, 5.74) is 1.28. The highest BCUT2D eigenvalue weighted by Gasteiger charge is 2.12. The maximum Gasteiger partial charge on any atom is 0.251 e. The zero-order chi connectivity index (χ0) is 16.8. The van der Waals surface area contributed by atoms with Crippen LogP contribution in [0.15, 0.2) is 36.4 Å². The van der Waals surface area contributed by atoms with E-state index in [2.05, 4.69) is 5.32 Å². The van der Waals surface area contributed by atoms with Gasteiger partial charge in [-0.05, 0) is 36.4 Å². The summed E-state index contributed by atoms with van der Waals surface area (Å²) >= 11 is 5.98. The van der Waals surface area contributed by atoms with Crippen molar-refractivity contribution >= 4 is 17.5 Å². The molecule has 2 aromatic rings. The zero-order valence-corrected chi connectivity index (χ0v) is 13.9. The van der Waals surface area contributed by atoms with E-state index < -0.39 is 0 Å². The Labute approximate surface area is 140 Å². The minimum Gasteiger partial charge on any atom is -0.496 e. The van der Waals surface area contributed by atoms with Gasteiger partial charge >= 0.3 is 0 Å². The quantitative estimate of drug-likeness (QED) is 0.880. The molecule has 6 heteroatoms. The first kappa shape index (κ1) is 17.0. The molecule has 122 valence electrons. The third-order valence-electron chi connectivity index (χ3n) is 3.33. The summed E-state index contributed by atoms with van der Waals surface area (Å²) in [5, 5.41) is 3.42. The largest absolute Gasteiger partial charge is 0.496 e. The van der Waals surface area contributed by atoms with E-state index in [1.807, 2.05) is 0 Å². The number of halogens is 1. The molecule has 0 heterocycles. The van der Waals surface area contributed by atoms with Crippen molar-refractivity contribution in [2.24, 2.45) is 0 Å². The lowest BCUT2D eigenvalue weighted by Gasteiger charge is -2.12. The fourth-order valence-corrected chi connectivity index (χ4v) is 2.34. The van der Waals surface area contributed by atoms with Crippen molar-refractivity contribution in [3.8, 4) is 17.2 Å². The van der Waals surface area contributed by atoms with Gasteiger partial charge in [0.25, 0.3) is 5.91 Å². The number of amides is 1. The highest BCUT2D eigenvalue weighted by molar-refractivity contribution is 6.30. The van der Waals surface area contributed by atoms with Crippen molar-refractivity contribution < 1.29 is 19.0 Å². The molecular formula is C17H18ClNO4. The lowest BCUT2D eigenvalue weighted by atomic mass is 10.1. The Morgan fingerprint density at radius 2 is 1.61 bits per heavy atom. The molecule has 0 saturated heterocycles. The molecule has 23 heavy (non-hydrogen) atoms. The molecule has 0 fully saturated rings. The van der Waals surface area contributed by atoms with Gasteiger partial charge in [-0.3, -0.25) is 4.79 Å². The van der Waals surface area contributed by atoms with E-state index in [0.717, 1.165) is 5.56 Å². The second kappa shape index (κ2) is 7.74. The number of carbonyl (C=O) groups excluding carboxylic acids is 1. The maximum absolute atomic E-state index is 12.3. The third kappa shape index (κ3) is 4.07. The number of rotatable bonds is 6. The number of methoxy groups -OCH3 is 3. The van der Waals surface area contributed by atoms with Crippen LogP contribution in [0.5, 0.6) is 17.2 Å². The van der Waals surface area contributed by atoms with Crippen LogP contribution in [-0.2, 0) is 6.54 Å². The second-order valence-corrected chi connectivity index (χ2v) is 5.15. The summed E-state index contributed by atoms with van der Waals surface area (Å²) in [4.78, 5) is 12.3. The molecule has 2 rings (SSSR count). The van der Waals surface area contributed by atoms with Crippen LogP contribution < -0.4 is 19.5 Å². The molecule has 0 aliphatic carbocycles. The number of benzene rings is 2. The first-order chi connectivity index (χ1) is 11.1. The van der Waals surface area contributed by atoms with Crippen LogP contribution in [0.2, 0.25) is 5.02 Å². The molecule has 1 amide bonds. The topological polar surface area (TPSA) is 56.8 Å². The van der Waals surface area contributed by atoms with Crippen LogP contribution in [0.3, 0.4) is 0 Å². The van der Waals surface area contributed by atoms with Gasteiger partial charge in [0, 0.05) is 22.7 Å². The predicted molar refractivity (Wildman–Crippen MR) is 88.7 cm³/mol. The number of hydrogen-bond acceptors (Lipinski definition) is 4. The summed E-state index contributed by atoms with van der Waals surface area (Å²) in [6.07, 6.45) is 0. The summed E-state index contributed by atoms with van der Waals surface area (Å²) in [6, 6.07) is 10.2. The molecule has 5 nitrogen and oxygen atoms in total. The molecule has 0 aliphatic rings. The van der Waals surface area contributed by atoms with Crippen LogP contribution in [0.1, 0.15) is 15.9 Å². The molecule has 0 aromatic heterocycles. The average molecular weight is 336 g/mol. The Morgan fingerprint density at radius 1 is 0.957 bits per heavy atom. The van der Waals surface area contributed by atoms with E-state index in [9.17, 15) is 4.79 Å². The van der Waals surface area contributed by atoms with Gasteiger partial charge in [-0.15, -0.1) is 0 Å². The Hall–Kier alpha value is -2.40. The molecule has 0 unspecified atom stereocenters. The Morgan fingerprint density at radius 3 is 2.26 bits per heavy atom. The Balaban J connectivity index is 2.12. The van der Waals surface area contributed by atoms with Gasteiger partial charge in [0.15, 0.2) is 11.5 Å². The minimum atomic E-state index is -0.229. The predicted octanol–water partition coefficient (Wildman–Crippen LogP) is 3.30. The maximum atomic E-state index is 12.3. The molecule has 2 aromatic carbocycles. The van der Waals surface area contributed by atoms with Gasteiger partial charge in [-0.25, -0.2) is 0 Å². The second-order valence-electron chi connectivity index (χ2n) is 4.71. The molecule has 0 bridgehead atoms. The zero-order valence-electron chi connectivity index (χ0n) is 13.2. The lowest BCUT2D eigenvalue weighted by Crippen LogP contribution is -2.23. The van der Waals surface area contributed by atoms with Gasteiger partial charge in [0.1, 0.15) is 5.75 Å². The van der Waals surface area contributed by atoms with Crippen LogP contribution in [0.25, 0.3) is 0 Å². The van der Waals surface area contributed by atoms with E-state index >= 15 is 0 Å². The first-order valence-corrected chi connectivity index (χ1v) is 7.29. The highest BCUT2D eigenvalue weighted by atomic mass is 35.5. The summed E-state index contributed by atoms with van der Waals surface area (Å²) < 4.78 is 15.6. The fraction of sp³-hybridized carbons (Fsp3) is 0.235. The molecule has 0 saturated carbocycles. The van der Waals surface area contributed by atoms with E-state index in [0.29, 0.717) is 34.4 Å². The van der Waals surface area contributed by atoms with Crippen LogP contribution in [-0.4, -0.2) is 27.2 Å². The Bertz CT molecular complexity index is 703. The van der Waals surface area contributed by atoms with Gasteiger partial charge < -0.3 is 19.5 Å². The molecular weight excluding hydrogens is 318 g/mol. The summed E-state index contributed by atoms with van der Waals surface area (Å²) in [6.45, 7) is 0.302. The first-order valence-electron chi connectivity index (χ1n) is 6.91. The lowest BCUT2D eigenvalue weighted by molar-refractivity contribution is 0.0950. The van der Waals surface area contributed by atoms with Crippen LogP contribution in [0, 0.1) is 0 Å². The van der Waals surface area contributed by atoms with E-state index in [1.165, 1.54) is 7.11 Å². The molecule has 0 atom stereocenters. The number of hydrogen-bond donors (Lipinski definition) is 1. The van der Waals surface area contributed by atoms with E-state index in [-0.39, 0.29) is 5.91 Å². The smallest absolute Gasteiger partial charge is 0.251 e. The molecule has 1 N–H and O–H groups in total. The summed E-state index contributed by atoms with van der Waals surface area (Å²) in [7, 11) is 4.64. The monoisotopic (exact) mass is 335 g/mol. The van der Waals surface area contributed by atoms with Gasteiger partial charge in [0.05, 0.1) is 21.3 Å². The van der Waals surface area contributed by atoms with Gasteiger partial charge in [0.2, 0.25) is 0 Å². The number of ether oxygens (including phenoxy) is 3. The van der Waals surface area contributed by atoms with Crippen LogP contribution in [0.4, 0.5) is 0 Å². The van der Waals surface area contributed by atoms with Crippen molar-refractivity contribution in [2.75, 3.05) is 21.3 Å². The average Bonchev–Trinajstić information content (AvgIpc) is 2.59. The third-order valence-corrected chi connectivity index (χ3v) is 3.56. The molecule has 0 spiro atoms. The highest BCUT2D eigenvalue weighted by Crippen LogP contribution is 2.27. The van der Waals surface area contributed by atoms with E-state index in [1.54, 1.807) is 50.6 Å². The SMILES string of the molecule is COc1ccc(Cl)cc1CNC(=O)c1ccc(OC)c(OC)c1. The fourth-order valence-electron chi connectivity index (χ4n) is 2.14. The molecule has 0 aliphatic heterocycles. The van der Waals surface area contributed by atoms with Gasteiger partial charge in [-0.1, -0.05) is 11.6 Å². The van der Waals surface area contributed by atoms with E-state index in [4.69, 9.17) is 25.8 Å². The van der Waals surface area contributed by atoms with Crippen molar-refractivity contribution in [2.45, 2.75) is 6.54 Å². The van der Waals surface area contributed by atoms with Crippen molar-refractivity contribution in [1.82, 2.24) is 5.32 Å². The van der Waals surface area contributed by atoms with Crippen molar-refractivity contribution in [3.05, 3.63) is 52.5 Å². The van der Waals surface area contributed by atoms with Crippen LogP contribution >= 0.6 is 11.6 Å². The normalized spacial score (nSPS) is 10.1. The molecule has 0 radical (unpaired) electrons. The minimum absolute atomic E-state index is 0.229.